The summed E-state index contributed by atoms with van der Waals surface area (Å²) < 4.78 is 3.94. The SMILES string of the molecule is Cl.Cn1c2c(c3ccc(-n4ccc(-c5ccc(Cl)cc5)cc4=O)cc31)CCNC2. The maximum Gasteiger partial charge on any atom is 0.255 e. The second kappa shape index (κ2) is 7.71. The van der Waals surface area contributed by atoms with Crippen LogP contribution < -0.4 is 10.9 Å². The van der Waals surface area contributed by atoms with Crippen LogP contribution in [0.25, 0.3) is 27.7 Å². The van der Waals surface area contributed by atoms with E-state index in [1.807, 2.05) is 42.6 Å². The van der Waals surface area contributed by atoms with E-state index in [2.05, 4.69) is 29.1 Å². The summed E-state index contributed by atoms with van der Waals surface area (Å²) in [6, 6.07) is 17.5. The van der Waals surface area contributed by atoms with E-state index in [9.17, 15) is 4.79 Å². The number of rotatable bonds is 2. The Labute approximate surface area is 180 Å². The Morgan fingerprint density at radius 1 is 1.00 bits per heavy atom. The zero-order chi connectivity index (χ0) is 19.3. The van der Waals surface area contributed by atoms with Gasteiger partial charge in [-0.05, 0) is 60.0 Å². The molecule has 2 aromatic carbocycles. The molecule has 0 aliphatic carbocycles. The molecule has 1 aliphatic rings. The third kappa shape index (κ3) is 3.38. The minimum atomic E-state index is -0.0487. The van der Waals surface area contributed by atoms with Crippen LogP contribution in [0.1, 0.15) is 11.3 Å². The van der Waals surface area contributed by atoms with Crippen molar-refractivity contribution in [2.24, 2.45) is 7.05 Å². The Bertz CT molecular complexity index is 1260. The number of hydrogen-bond donors (Lipinski definition) is 1. The van der Waals surface area contributed by atoms with Crippen LogP contribution in [0.4, 0.5) is 0 Å². The highest BCUT2D eigenvalue weighted by Crippen LogP contribution is 2.29. The number of nitrogens with one attached hydrogen (secondary N) is 1. The number of nitrogens with zero attached hydrogens (tertiary/aromatic N) is 2. The van der Waals surface area contributed by atoms with Crippen molar-refractivity contribution in [3.63, 3.8) is 0 Å². The molecule has 0 radical (unpaired) electrons. The molecule has 0 fully saturated rings. The van der Waals surface area contributed by atoms with Gasteiger partial charge in [0.25, 0.3) is 5.56 Å². The van der Waals surface area contributed by atoms with Crippen LogP contribution in [0.3, 0.4) is 0 Å². The van der Waals surface area contributed by atoms with Gasteiger partial charge < -0.3 is 9.88 Å². The van der Waals surface area contributed by atoms with Gasteiger partial charge in [0.2, 0.25) is 0 Å². The zero-order valence-corrected chi connectivity index (χ0v) is 17.6. The number of fused-ring (bicyclic) bond motifs is 3. The Morgan fingerprint density at radius 3 is 2.55 bits per heavy atom. The summed E-state index contributed by atoms with van der Waals surface area (Å²) in [6.07, 6.45) is 2.89. The Hall–Kier alpha value is -2.53. The first-order valence-electron chi connectivity index (χ1n) is 9.42. The van der Waals surface area contributed by atoms with Gasteiger partial charge in [-0.3, -0.25) is 9.36 Å². The maximum absolute atomic E-state index is 12.8. The number of hydrogen-bond acceptors (Lipinski definition) is 2. The normalized spacial score (nSPS) is 13.2. The largest absolute Gasteiger partial charge is 0.346 e. The number of aromatic nitrogens is 2. The molecule has 3 heterocycles. The molecule has 0 spiro atoms. The monoisotopic (exact) mass is 425 g/mol. The zero-order valence-electron chi connectivity index (χ0n) is 16.0. The van der Waals surface area contributed by atoms with Gasteiger partial charge in [-0.1, -0.05) is 29.8 Å². The van der Waals surface area contributed by atoms with Crippen molar-refractivity contribution < 1.29 is 0 Å². The molecule has 0 atom stereocenters. The highest BCUT2D eigenvalue weighted by atomic mass is 35.5. The highest BCUT2D eigenvalue weighted by Gasteiger charge is 2.18. The summed E-state index contributed by atoms with van der Waals surface area (Å²) in [5.74, 6) is 0. The van der Waals surface area contributed by atoms with Crippen molar-refractivity contribution in [2.75, 3.05) is 6.54 Å². The minimum Gasteiger partial charge on any atom is -0.346 e. The number of halogens is 2. The molecule has 2 aromatic heterocycles. The summed E-state index contributed by atoms with van der Waals surface area (Å²) in [4.78, 5) is 12.8. The first kappa shape index (κ1) is 19.8. The summed E-state index contributed by atoms with van der Waals surface area (Å²) in [7, 11) is 2.10. The van der Waals surface area contributed by atoms with Crippen LogP contribution >= 0.6 is 24.0 Å². The lowest BCUT2D eigenvalue weighted by atomic mass is 10.0. The minimum absolute atomic E-state index is 0. The smallest absolute Gasteiger partial charge is 0.255 e. The van der Waals surface area contributed by atoms with Crippen molar-refractivity contribution in [1.82, 2.24) is 14.5 Å². The fourth-order valence-electron chi connectivity index (χ4n) is 4.14. The molecule has 0 saturated carbocycles. The van der Waals surface area contributed by atoms with E-state index in [0.717, 1.165) is 36.3 Å². The summed E-state index contributed by atoms with van der Waals surface area (Å²) in [5, 5.41) is 5.41. The van der Waals surface area contributed by atoms with Crippen LogP contribution in [0.2, 0.25) is 5.02 Å². The van der Waals surface area contributed by atoms with Gasteiger partial charge in [-0.15, -0.1) is 12.4 Å². The molecule has 1 aliphatic heterocycles. The predicted octanol–water partition coefficient (Wildman–Crippen LogP) is 4.72. The lowest BCUT2D eigenvalue weighted by Crippen LogP contribution is -2.24. The lowest BCUT2D eigenvalue weighted by molar-refractivity contribution is 0.614. The molecule has 1 N–H and O–H groups in total. The average Bonchev–Trinajstić information content (AvgIpc) is 3.01. The fourth-order valence-corrected chi connectivity index (χ4v) is 4.27. The summed E-state index contributed by atoms with van der Waals surface area (Å²) >= 11 is 5.96. The van der Waals surface area contributed by atoms with Crippen LogP contribution in [-0.4, -0.2) is 15.7 Å². The third-order valence-electron chi connectivity index (χ3n) is 5.64. The van der Waals surface area contributed by atoms with Gasteiger partial charge in [0.15, 0.2) is 0 Å². The number of benzene rings is 2. The van der Waals surface area contributed by atoms with E-state index in [-0.39, 0.29) is 18.0 Å². The molecule has 0 unspecified atom stereocenters. The average molecular weight is 426 g/mol. The standard InChI is InChI=1S/C23H20ClN3O.ClH/c1-26-21-13-18(6-7-19(21)20-8-10-25-14-22(20)26)27-11-9-16(12-23(27)28)15-2-4-17(24)5-3-15;/h2-7,9,11-13,25H,8,10,14H2,1H3;1H. The van der Waals surface area contributed by atoms with E-state index < -0.39 is 0 Å². The molecule has 148 valence electrons. The molecule has 29 heavy (non-hydrogen) atoms. The van der Waals surface area contributed by atoms with E-state index in [0.29, 0.717) is 5.02 Å². The van der Waals surface area contributed by atoms with Crippen molar-refractivity contribution in [3.05, 3.63) is 87.4 Å². The van der Waals surface area contributed by atoms with E-state index >= 15 is 0 Å². The summed E-state index contributed by atoms with van der Waals surface area (Å²) in [5.41, 5.74) is 6.63. The van der Waals surface area contributed by atoms with Gasteiger partial charge in [-0.25, -0.2) is 0 Å². The maximum atomic E-state index is 12.8. The van der Waals surface area contributed by atoms with Crippen LogP contribution in [0.15, 0.2) is 65.6 Å². The van der Waals surface area contributed by atoms with Gasteiger partial charge in [-0.2, -0.15) is 0 Å². The Morgan fingerprint density at radius 2 is 1.79 bits per heavy atom. The third-order valence-corrected chi connectivity index (χ3v) is 5.89. The molecular weight excluding hydrogens is 405 g/mol. The first-order chi connectivity index (χ1) is 13.6. The quantitative estimate of drug-likeness (QED) is 0.504. The van der Waals surface area contributed by atoms with E-state index in [1.165, 1.54) is 22.2 Å². The fraction of sp³-hybridized carbons (Fsp3) is 0.174. The Balaban J connectivity index is 0.00000205. The summed E-state index contributed by atoms with van der Waals surface area (Å²) in [6.45, 7) is 1.91. The highest BCUT2D eigenvalue weighted by molar-refractivity contribution is 6.30. The van der Waals surface area contributed by atoms with Gasteiger partial charge >= 0.3 is 0 Å². The van der Waals surface area contributed by atoms with E-state index in [1.54, 1.807) is 10.6 Å². The predicted molar refractivity (Wildman–Crippen MR) is 122 cm³/mol. The molecule has 6 heteroatoms. The van der Waals surface area contributed by atoms with E-state index in [4.69, 9.17) is 11.6 Å². The van der Waals surface area contributed by atoms with Crippen molar-refractivity contribution in [3.8, 4) is 16.8 Å². The Kier molecular flexibility index (Phi) is 5.26. The first-order valence-corrected chi connectivity index (χ1v) is 9.79. The van der Waals surface area contributed by atoms with Crippen LogP contribution in [0, 0.1) is 0 Å². The molecular formula is C23H21Cl2N3O. The number of aryl methyl sites for hydroxylation is 1. The topological polar surface area (TPSA) is 39.0 Å². The molecule has 4 aromatic rings. The number of pyridine rings is 1. The lowest BCUT2D eigenvalue weighted by Gasteiger charge is -2.14. The van der Waals surface area contributed by atoms with Gasteiger partial charge in [0.05, 0.1) is 11.2 Å². The molecule has 4 nitrogen and oxygen atoms in total. The molecule has 0 saturated heterocycles. The van der Waals surface area contributed by atoms with Gasteiger partial charge in [0.1, 0.15) is 0 Å². The van der Waals surface area contributed by atoms with Crippen LogP contribution in [-0.2, 0) is 20.0 Å². The van der Waals surface area contributed by atoms with Gasteiger partial charge in [0, 0.05) is 42.0 Å². The molecule has 0 amide bonds. The van der Waals surface area contributed by atoms with Crippen molar-refractivity contribution in [1.29, 1.82) is 0 Å². The van der Waals surface area contributed by atoms with Crippen molar-refractivity contribution >= 4 is 34.9 Å². The van der Waals surface area contributed by atoms with Crippen molar-refractivity contribution in [2.45, 2.75) is 13.0 Å². The second-order valence-electron chi connectivity index (χ2n) is 7.24. The molecule has 0 bridgehead atoms. The second-order valence-corrected chi connectivity index (χ2v) is 7.68. The van der Waals surface area contributed by atoms with Crippen LogP contribution in [0.5, 0.6) is 0 Å². The molecule has 5 rings (SSSR count).